The highest BCUT2D eigenvalue weighted by atomic mass is 32.2. The Hall–Kier alpha value is -3.13. The lowest BCUT2D eigenvalue weighted by Gasteiger charge is -2.13. The number of thioether (sulfide) groups is 1. The Morgan fingerprint density at radius 1 is 1.16 bits per heavy atom. The largest absolute Gasteiger partial charge is 0.349 e. The van der Waals surface area contributed by atoms with Gasteiger partial charge in [0.25, 0.3) is 11.5 Å². The van der Waals surface area contributed by atoms with E-state index >= 15 is 0 Å². The maximum absolute atomic E-state index is 12.9. The van der Waals surface area contributed by atoms with Crippen molar-refractivity contribution in [3.63, 3.8) is 0 Å². The number of benzene rings is 2. The van der Waals surface area contributed by atoms with Crippen molar-refractivity contribution in [1.29, 1.82) is 0 Å². The van der Waals surface area contributed by atoms with E-state index in [0.29, 0.717) is 27.4 Å². The molecule has 1 N–H and O–H groups in total. The predicted octanol–water partition coefficient (Wildman–Crippen LogP) is 3.85. The molecule has 0 bridgehead atoms. The van der Waals surface area contributed by atoms with Gasteiger partial charge in [0.2, 0.25) is 5.78 Å². The van der Waals surface area contributed by atoms with E-state index in [0.717, 1.165) is 31.4 Å². The van der Waals surface area contributed by atoms with Crippen LogP contribution in [0.5, 0.6) is 0 Å². The molecule has 0 radical (unpaired) electrons. The number of aryl methyl sites for hydroxylation is 2. The van der Waals surface area contributed by atoms with E-state index in [9.17, 15) is 9.59 Å². The number of rotatable bonds is 5. The number of nitrogens with zero attached hydrogens (tertiary/aromatic N) is 4. The molecule has 164 valence electrons. The average molecular weight is 448 g/mol. The second-order valence-corrected chi connectivity index (χ2v) is 9.33. The molecule has 2 aromatic carbocycles. The monoisotopic (exact) mass is 447 g/mol. The van der Waals surface area contributed by atoms with E-state index in [1.807, 2.05) is 16.5 Å². The number of hydrogen-bond acceptors (Lipinski definition) is 5. The first-order valence-corrected chi connectivity index (χ1v) is 11.9. The summed E-state index contributed by atoms with van der Waals surface area (Å²) in [6, 6.07) is 13.7. The molecule has 1 aliphatic carbocycles. The normalized spacial score (nSPS) is 14.4. The summed E-state index contributed by atoms with van der Waals surface area (Å²) in [4.78, 5) is 25.8. The van der Waals surface area contributed by atoms with Gasteiger partial charge in [-0.3, -0.25) is 18.6 Å². The summed E-state index contributed by atoms with van der Waals surface area (Å²) in [5.74, 6) is 1.09. The molecule has 8 heteroatoms. The third-order valence-corrected chi connectivity index (χ3v) is 7.24. The lowest BCUT2D eigenvalue weighted by Crippen LogP contribution is -2.32. The van der Waals surface area contributed by atoms with Crippen LogP contribution in [0.4, 0.5) is 0 Å². The van der Waals surface area contributed by atoms with Gasteiger partial charge in [0.1, 0.15) is 0 Å². The smallest absolute Gasteiger partial charge is 0.262 e. The number of fused-ring (bicyclic) bond motifs is 3. The van der Waals surface area contributed by atoms with Crippen LogP contribution in [-0.4, -0.2) is 31.1 Å². The minimum Gasteiger partial charge on any atom is -0.349 e. The van der Waals surface area contributed by atoms with Crippen LogP contribution in [0.1, 0.15) is 47.2 Å². The van der Waals surface area contributed by atoms with Crippen molar-refractivity contribution in [2.24, 2.45) is 7.05 Å². The van der Waals surface area contributed by atoms with Crippen LogP contribution in [0.3, 0.4) is 0 Å². The first kappa shape index (κ1) is 20.8. The van der Waals surface area contributed by atoms with Gasteiger partial charge < -0.3 is 5.32 Å². The van der Waals surface area contributed by atoms with Crippen molar-refractivity contribution in [1.82, 2.24) is 24.5 Å². The number of carbonyl (C=O) groups is 1. The molecule has 0 unspecified atom stereocenters. The Labute approximate surface area is 189 Å². The van der Waals surface area contributed by atoms with Crippen LogP contribution in [0, 0.1) is 6.92 Å². The average Bonchev–Trinajstić information content (AvgIpc) is 3.46. The fraction of sp³-hybridized carbons (Fsp3) is 0.333. The third-order valence-electron chi connectivity index (χ3n) is 6.26. The van der Waals surface area contributed by atoms with E-state index in [4.69, 9.17) is 0 Å². The fourth-order valence-corrected chi connectivity index (χ4v) is 5.36. The standard InChI is InChI=1S/C24H25N5O2S/c1-15-7-3-4-8-17(15)14-32-24-27-26-23-28(2)22(31)19-12-11-16(13-20(19)29(23)24)21(30)25-18-9-5-6-10-18/h3-4,7-8,11-13,18H,5-6,9-10,14H2,1-2H3,(H,25,30). The molecular weight excluding hydrogens is 422 g/mol. The zero-order chi connectivity index (χ0) is 22.2. The molecule has 0 saturated heterocycles. The second-order valence-electron chi connectivity index (χ2n) is 8.38. The Kier molecular flexibility index (Phi) is 5.46. The molecule has 7 nitrogen and oxygen atoms in total. The van der Waals surface area contributed by atoms with Crippen molar-refractivity contribution in [2.45, 2.75) is 49.6 Å². The molecule has 1 fully saturated rings. The fourth-order valence-electron chi connectivity index (χ4n) is 4.35. The van der Waals surface area contributed by atoms with Gasteiger partial charge >= 0.3 is 0 Å². The topological polar surface area (TPSA) is 81.3 Å². The van der Waals surface area contributed by atoms with Gasteiger partial charge in [0, 0.05) is 24.4 Å². The molecular formula is C24H25N5O2S. The molecule has 0 atom stereocenters. The van der Waals surface area contributed by atoms with E-state index in [2.05, 4.69) is 34.6 Å². The Balaban J connectivity index is 1.57. The molecule has 0 aliphatic heterocycles. The van der Waals surface area contributed by atoms with Crippen LogP contribution in [0.25, 0.3) is 16.7 Å². The van der Waals surface area contributed by atoms with Gasteiger partial charge in [-0.2, -0.15) is 0 Å². The van der Waals surface area contributed by atoms with Crippen molar-refractivity contribution in [2.75, 3.05) is 0 Å². The van der Waals surface area contributed by atoms with Gasteiger partial charge in [-0.1, -0.05) is 48.9 Å². The molecule has 32 heavy (non-hydrogen) atoms. The van der Waals surface area contributed by atoms with Gasteiger partial charge in [0.05, 0.1) is 10.9 Å². The molecule has 2 heterocycles. The SMILES string of the molecule is Cc1ccccc1CSc1nnc2n(C)c(=O)c3ccc(C(=O)NC4CCCC4)cc3n12. The summed E-state index contributed by atoms with van der Waals surface area (Å²) >= 11 is 1.57. The Morgan fingerprint density at radius 3 is 2.72 bits per heavy atom. The summed E-state index contributed by atoms with van der Waals surface area (Å²) in [5, 5.41) is 13.0. The summed E-state index contributed by atoms with van der Waals surface area (Å²) in [6.45, 7) is 2.09. The number of amides is 1. The quantitative estimate of drug-likeness (QED) is 0.470. The van der Waals surface area contributed by atoms with E-state index < -0.39 is 0 Å². The molecule has 1 saturated carbocycles. The number of hydrogen-bond donors (Lipinski definition) is 1. The highest BCUT2D eigenvalue weighted by molar-refractivity contribution is 7.98. The first-order chi connectivity index (χ1) is 15.5. The van der Waals surface area contributed by atoms with Gasteiger partial charge in [-0.25, -0.2) is 0 Å². The minimum absolute atomic E-state index is 0.102. The highest BCUT2D eigenvalue weighted by Crippen LogP contribution is 2.26. The Morgan fingerprint density at radius 2 is 1.94 bits per heavy atom. The lowest BCUT2D eigenvalue weighted by atomic mass is 10.1. The summed E-state index contributed by atoms with van der Waals surface area (Å²) in [5.41, 5.74) is 3.48. The van der Waals surface area contributed by atoms with Crippen molar-refractivity contribution in [3.05, 3.63) is 69.5 Å². The maximum Gasteiger partial charge on any atom is 0.262 e. The Bertz CT molecular complexity index is 1380. The third kappa shape index (κ3) is 3.68. The van der Waals surface area contributed by atoms with Crippen molar-refractivity contribution in [3.8, 4) is 0 Å². The first-order valence-electron chi connectivity index (χ1n) is 10.9. The number of nitrogens with one attached hydrogen (secondary N) is 1. The summed E-state index contributed by atoms with van der Waals surface area (Å²) in [6.07, 6.45) is 4.35. The van der Waals surface area contributed by atoms with Crippen LogP contribution in [0.15, 0.2) is 52.4 Å². The minimum atomic E-state index is -0.155. The van der Waals surface area contributed by atoms with E-state index in [1.165, 1.54) is 15.7 Å². The summed E-state index contributed by atoms with van der Waals surface area (Å²) in [7, 11) is 1.70. The van der Waals surface area contributed by atoms with Crippen LogP contribution in [-0.2, 0) is 12.8 Å². The van der Waals surface area contributed by atoms with E-state index in [1.54, 1.807) is 37.0 Å². The number of aromatic nitrogens is 4. The van der Waals surface area contributed by atoms with Crippen LogP contribution >= 0.6 is 11.8 Å². The molecule has 0 spiro atoms. The zero-order valence-electron chi connectivity index (χ0n) is 18.2. The maximum atomic E-state index is 12.9. The van der Waals surface area contributed by atoms with Crippen molar-refractivity contribution < 1.29 is 4.79 Å². The zero-order valence-corrected chi connectivity index (χ0v) is 19.0. The van der Waals surface area contributed by atoms with Crippen LogP contribution in [0.2, 0.25) is 0 Å². The predicted molar refractivity (Wildman–Crippen MR) is 126 cm³/mol. The summed E-state index contributed by atoms with van der Waals surface area (Å²) < 4.78 is 3.39. The van der Waals surface area contributed by atoms with Crippen LogP contribution < -0.4 is 10.9 Å². The molecule has 1 aliphatic rings. The molecule has 1 amide bonds. The van der Waals surface area contributed by atoms with Gasteiger partial charge in [0.15, 0.2) is 5.16 Å². The second kappa shape index (κ2) is 8.43. The van der Waals surface area contributed by atoms with Gasteiger partial charge in [-0.05, 0) is 49.1 Å². The molecule has 5 rings (SSSR count). The number of carbonyl (C=O) groups excluding carboxylic acids is 1. The highest BCUT2D eigenvalue weighted by Gasteiger charge is 2.20. The molecule has 2 aromatic heterocycles. The van der Waals surface area contributed by atoms with Crippen molar-refractivity contribution >= 4 is 34.3 Å². The van der Waals surface area contributed by atoms with Gasteiger partial charge in [-0.15, -0.1) is 10.2 Å². The molecule has 4 aromatic rings. The van der Waals surface area contributed by atoms with E-state index in [-0.39, 0.29) is 17.5 Å². The lowest BCUT2D eigenvalue weighted by molar-refractivity contribution is 0.0938.